The first-order chi connectivity index (χ1) is 19.3. The Bertz CT molecular complexity index is 1610. The van der Waals surface area contributed by atoms with Gasteiger partial charge in [-0.05, 0) is 78.3 Å². The van der Waals surface area contributed by atoms with Gasteiger partial charge < -0.3 is 24.0 Å². The minimum atomic E-state index is 0. The first-order valence-electron chi connectivity index (χ1n) is 13.5. The first kappa shape index (κ1) is 28.7. The number of fused-ring (bicyclic) bond motifs is 1. The zero-order valence-corrected chi connectivity index (χ0v) is 26.6. The predicted octanol–water partition coefficient (Wildman–Crippen LogP) is 6.70. The van der Waals surface area contributed by atoms with E-state index in [1.54, 1.807) is 0 Å². The molecule has 4 heteroatoms. The van der Waals surface area contributed by atoms with Crippen LogP contribution in [0.2, 0.25) is 0 Å². The van der Waals surface area contributed by atoms with E-state index in [0.29, 0.717) is 0 Å². The number of hydrogen-bond donors (Lipinski definition) is 0. The third-order valence-corrected chi connectivity index (χ3v) is 9.73. The summed E-state index contributed by atoms with van der Waals surface area (Å²) < 4.78 is 3.95. The number of hydrogen-bond acceptors (Lipinski definition) is 2. The van der Waals surface area contributed by atoms with Gasteiger partial charge in [0.1, 0.15) is 0 Å². The van der Waals surface area contributed by atoms with Crippen LogP contribution in [-0.4, -0.2) is 12.5 Å². The Balaban J connectivity index is 0.00000323. The quantitative estimate of drug-likeness (QED) is 0.147. The average Bonchev–Trinajstić information content (AvgIpc) is 3.02. The van der Waals surface area contributed by atoms with Gasteiger partial charge in [-0.25, -0.2) is 0 Å². The molecule has 0 saturated heterocycles. The molecule has 5 aromatic rings. The SMILES string of the molecule is CSC(SC)=C1CCCc2c(-c3ccccc3)cc(-c3ccccc3)[n+](-c3ccc(-c4ccccc4)cc3)c21.[I-]. The molecule has 0 aliphatic heterocycles. The molecule has 1 aromatic heterocycles. The molecule has 1 aliphatic rings. The number of thioether (sulfide) groups is 2. The van der Waals surface area contributed by atoms with Crippen LogP contribution < -0.4 is 28.5 Å². The number of nitrogens with zero attached hydrogens (tertiary/aromatic N) is 1. The van der Waals surface area contributed by atoms with Crippen LogP contribution in [-0.2, 0) is 6.42 Å². The Morgan fingerprint density at radius 1 is 0.600 bits per heavy atom. The Morgan fingerprint density at radius 3 is 1.70 bits per heavy atom. The molecule has 200 valence electrons. The Kier molecular flexibility index (Phi) is 9.51. The standard InChI is InChI=1S/C36H32NS2.HI/c1-38-36(39-2)32-20-12-19-31-33(28-15-8-4-9-16-28)25-34(29-17-10-5-11-18-29)37(35(31)32)30-23-21-27(22-24-30)26-13-6-3-7-14-26;/h3-11,13-18,21-25H,12,19-20H2,1-2H3;1H/q+1;/p-1. The van der Waals surface area contributed by atoms with Crippen molar-refractivity contribution in [3.63, 3.8) is 0 Å². The van der Waals surface area contributed by atoms with Crippen LogP contribution in [0.5, 0.6) is 0 Å². The minimum absolute atomic E-state index is 0. The predicted molar refractivity (Wildman–Crippen MR) is 171 cm³/mol. The van der Waals surface area contributed by atoms with Crippen LogP contribution in [0, 0.1) is 0 Å². The summed E-state index contributed by atoms with van der Waals surface area (Å²) in [5.41, 5.74) is 13.1. The number of pyridine rings is 1. The number of rotatable bonds is 6. The maximum atomic E-state index is 2.53. The number of halogens is 1. The van der Waals surface area contributed by atoms with E-state index in [1.807, 2.05) is 23.5 Å². The van der Waals surface area contributed by atoms with Crippen molar-refractivity contribution in [3.8, 4) is 39.2 Å². The van der Waals surface area contributed by atoms with E-state index in [1.165, 1.54) is 66.7 Å². The molecular formula is C36H32INS2. The molecule has 0 amide bonds. The lowest BCUT2D eigenvalue weighted by atomic mass is 9.85. The van der Waals surface area contributed by atoms with Gasteiger partial charge in [0.15, 0.2) is 0 Å². The van der Waals surface area contributed by atoms with E-state index >= 15 is 0 Å². The lowest BCUT2D eigenvalue weighted by molar-refractivity contribution is -0.587. The van der Waals surface area contributed by atoms with Crippen molar-refractivity contribution in [2.45, 2.75) is 19.3 Å². The zero-order chi connectivity index (χ0) is 26.6. The third kappa shape index (κ3) is 5.67. The lowest BCUT2D eigenvalue weighted by Crippen LogP contribution is -3.00. The molecule has 0 N–H and O–H groups in total. The van der Waals surface area contributed by atoms with Gasteiger partial charge in [-0.15, -0.1) is 23.5 Å². The maximum Gasteiger partial charge on any atom is 0.220 e. The van der Waals surface area contributed by atoms with Crippen molar-refractivity contribution in [2.24, 2.45) is 0 Å². The Morgan fingerprint density at radius 2 is 1.12 bits per heavy atom. The van der Waals surface area contributed by atoms with E-state index in [0.717, 1.165) is 12.8 Å². The summed E-state index contributed by atoms with van der Waals surface area (Å²) in [4.78, 5) is 0. The summed E-state index contributed by atoms with van der Waals surface area (Å²) in [5.74, 6) is 0. The van der Waals surface area contributed by atoms with Crippen molar-refractivity contribution in [3.05, 3.63) is 137 Å². The van der Waals surface area contributed by atoms with Crippen LogP contribution in [0.1, 0.15) is 24.1 Å². The largest absolute Gasteiger partial charge is 1.00 e. The maximum absolute atomic E-state index is 2.53. The van der Waals surface area contributed by atoms with Gasteiger partial charge >= 0.3 is 0 Å². The third-order valence-electron chi connectivity index (χ3n) is 7.50. The van der Waals surface area contributed by atoms with Crippen LogP contribution in [0.25, 0.3) is 44.8 Å². The summed E-state index contributed by atoms with van der Waals surface area (Å²) in [6, 6.07) is 44.0. The zero-order valence-electron chi connectivity index (χ0n) is 22.8. The van der Waals surface area contributed by atoms with Crippen molar-refractivity contribution in [1.82, 2.24) is 0 Å². The van der Waals surface area contributed by atoms with Gasteiger partial charge in [0.2, 0.25) is 17.1 Å². The number of allylic oxidation sites excluding steroid dienone is 1. The highest BCUT2D eigenvalue weighted by atomic mass is 127. The van der Waals surface area contributed by atoms with E-state index in [2.05, 4.69) is 138 Å². The highest BCUT2D eigenvalue weighted by molar-refractivity contribution is 8.21. The minimum Gasteiger partial charge on any atom is -1.00 e. The molecule has 40 heavy (non-hydrogen) atoms. The fourth-order valence-corrected chi connectivity index (χ4v) is 7.29. The molecule has 0 saturated carbocycles. The molecule has 1 aliphatic carbocycles. The van der Waals surface area contributed by atoms with Crippen LogP contribution in [0.4, 0.5) is 0 Å². The molecular weight excluding hydrogens is 637 g/mol. The second-order valence-corrected chi connectivity index (χ2v) is 11.7. The number of benzene rings is 4. The molecule has 1 heterocycles. The fraction of sp³-hybridized carbons (Fsp3) is 0.139. The molecule has 4 aromatic carbocycles. The van der Waals surface area contributed by atoms with Crippen LogP contribution in [0.15, 0.2) is 126 Å². The average molecular weight is 670 g/mol. The van der Waals surface area contributed by atoms with E-state index < -0.39 is 0 Å². The Labute approximate surface area is 263 Å². The number of aromatic nitrogens is 1. The van der Waals surface area contributed by atoms with Gasteiger partial charge in [-0.3, -0.25) is 0 Å². The molecule has 0 spiro atoms. The highest BCUT2D eigenvalue weighted by Crippen LogP contribution is 2.43. The van der Waals surface area contributed by atoms with Gasteiger partial charge in [0.05, 0.1) is 0 Å². The normalized spacial score (nSPS) is 12.4. The molecule has 6 rings (SSSR count). The van der Waals surface area contributed by atoms with Crippen molar-refractivity contribution in [1.29, 1.82) is 0 Å². The molecule has 0 radical (unpaired) electrons. The van der Waals surface area contributed by atoms with Crippen molar-refractivity contribution >= 4 is 29.1 Å². The highest BCUT2D eigenvalue weighted by Gasteiger charge is 2.34. The summed E-state index contributed by atoms with van der Waals surface area (Å²) in [5, 5.41) is 0. The lowest BCUT2D eigenvalue weighted by Gasteiger charge is -2.24. The summed E-state index contributed by atoms with van der Waals surface area (Å²) in [6.07, 6.45) is 7.77. The van der Waals surface area contributed by atoms with E-state index in [9.17, 15) is 0 Å². The van der Waals surface area contributed by atoms with Crippen molar-refractivity contribution in [2.75, 3.05) is 12.5 Å². The summed E-state index contributed by atoms with van der Waals surface area (Å²) in [7, 11) is 0. The van der Waals surface area contributed by atoms with Gasteiger partial charge in [-0.2, -0.15) is 4.57 Å². The molecule has 0 fully saturated rings. The monoisotopic (exact) mass is 669 g/mol. The van der Waals surface area contributed by atoms with Gasteiger partial charge in [-0.1, -0.05) is 78.9 Å². The van der Waals surface area contributed by atoms with Crippen LogP contribution >= 0.6 is 23.5 Å². The molecule has 0 bridgehead atoms. The van der Waals surface area contributed by atoms with Crippen molar-refractivity contribution < 1.29 is 28.5 Å². The second-order valence-electron chi connectivity index (χ2n) is 9.78. The summed E-state index contributed by atoms with van der Waals surface area (Å²) >= 11 is 3.75. The van der Waals surface area contributed by atoms with E-state index in [-0.39, 0.29) is 24.0 Å². The van der Waals surface area contributed by atoms with Gasteiger partial charge in [0, 0.05) is 39.1 Å². The fourth-order valence-electron chi connectivity index (χ4n) is 5.73. The Hall–Kier alpha value is -2.80. The smallest absolute Gasteiger partial charge is 0.220 e. The first-order valence-corrected chi connectivity index (χ1v) is 15.9. The molecule has 0 atom stereocenters. The molecule has 0 unspecified atom stereocenters. The second kappa shape index (κ2) is 13.2. The summed E-state index contributed by atoms with van der Waals surface area (Å²) in [6.45, 7) is 0. The molecule has 1 nitrogen and oxygen atoms in total. The van der Waals surface area contributed by atoms with Crippen LogP contribution in [0.3, 0.4) is 0 Å². The van der Waals surface area contributed by atoms with Gasteiger partial charge in [0.25, 0.3) is 0 Å². The topological polar surface area (TPSA) is 3.88 Å². The van der Waals surface area contributed by atoms with E-state index in [4.69, 9.17) is 0 Å².